The number of nitrogens with zero attached hydrogens (tertiary/aromatic N) is 1. The summed E-state index contributed by atoms with van der Waals surface area (Å²) in [4.78, 5) is 4.42. The Hall–Kier alpha value is -2.53. The van der Waals surface area contributed by atoms with E-state index < -0.39 is 0 Å². The van der Waals surface area contributed by atoms with Crippen LogP contribution in [0.1, 0.15) is 5.56 Å². The first kappa shape index (κ1) is 16.3. The maximum absolute atomic E-state index is 5.90. The van der Waals surface area contributed by atoms with Gasteiger partial charge in [0.1, 0.15) is 16.1 Å². The van der Waals surface area contributed by atoms with E-state index in [0.717, 1.165) is 27.4 Å². The quantitative estimate of drug-likeness (QED) is 0.588. The van der Waals surface area contributed by atoms with Gasteiger partial charge in [0.25, 0.3) is 0 Å². The molecule has 0 unspecified atom stereocenters. The number of ether oxygens (including phenoxy) is 2. The average Bonchev–Trinajstić information content (AvgIpc) is 2.62. The zero-order chi connectivity index (χ0) is 16.8. The molecule has 24 heavy (non-hydrogen) atoms. The summed E-state index contributed by atoms with van der Waals surface area (Å²) in [5.74, 6) is 2.11. The predicted molar refractivity (Wildman–Crippen MR) is 98.8 cm³/mol. The monoisotopic (exact) mass is 384 g/mol. The number of methoxy groups -OCH3 is 1. The highest BCUT2D eigenvalue weighted by atomic mass is 79.9. The molecule has 0 saturated carbocycles. The molecule has 5 heteroatoms. The number of hydrogen-bond donors (Lipinski definition) is 1. The standard InChI is InChI=1S/C19H17BrN2O2/c1-23-17-10-6-5-7-14(17)13-21-16-11-12-18(20)22-19(16)24-15-8-3-2-4-9-15/h2-12,21H,13H2,1H3. The highest BCUT2D eigenvalue weighted by molar-refractivity contribution is 9.10. The third-order valence-corrected chi connectivity index (χ3v) is 3.89. The first-order chi connectivity index (χ1) is 11.8. The van der Waals surface area contributed by atoms with E-state index in [1.807, 2.05) is 66.7 Å². The largest absolute Gasteiger partial charge is 0.496 e. The average molecular weight is 385 g/mol. The Labute approximate surface area is 149 Å². The minimum Gasteiger partial charge on any atom is -0.496 e. The Kier molecular flexibility index (Phi) is 5.33. The molecular weight excluding hydrogens is 368 g/mol. The van der Waals surface area contributed by atoms with Crippen molar-refractivity contribution in [2.24, 2.45) is 0 Å². The van der Waals surface area contributed by atoms with Crippen molar-refractivity contribution in [3.05, 3.63) is 76.9 Å². The number of hydrogen-bond acceptors (Lipinski definition) is 4. The Morgan fingerprint density at radius 1 is 0.958 bits per heavy atom. The van der Waals surface area contributed by atoms with Crippen LogP contribution in [0.5, 0.6) is 17.4 Å². The summed E-state index contributed by atoms with van der Waals surface area (Å²) in [7, 11) is 1.67. The first-order valence-corrected chi connectivity index (χ1v) is 8.31. The molecule has 2 aromatic carbocycles. The second-order valence-corrected chi connectivity index (χ2v) is 5.88. The summed E-state index contributed by atoms with van der Waals surface area (Å²) < 4.78 is 12.0. The van der Waals surface area contributed by atoms with Crippen LogP contribution in [0, 0.1) is 0 Å². The Morgan fingerprint density at radius 3 is 2.50 bits per heavy atom. The molecule has 3 rings (SSSR count). The number of nitrogens with one attached hydrogen (secondary N) is 1. The second-order valence-electron chi connectivity index (χ2n) is 5.07. The van der Waals surface area contributed by atoms with Gasteiger partial charge in [-0.05, 0) is 46.3 Å². The van der Waals surface area contributed by atoms with Crippen molar-refractivity contribution in [3.63, 3.8) is 0 Å². The number of para-hydroxylation sites is 2. The fraction of sp³-hybridized carbons (Fsp3) is 0.105. The molecule has 122 valence electrons. The number of halogens is 1. The van der Waals surface area contributed by atoms with Crippen LogP contribution in [0.15, 0.2) is 71.3 Å². The number of anilines is 1. The van der Waals surface area contributed by atoms with Crippen LogP contribution in [0.25, 0.3) is 0 Å². The Balaban J connectivity index is 1.80. The first-order valence-electron chi connectivity index (χ1n) is 7.51. The van der Waals surface area contributed by atoms with Gasteiger partial charge in [-0.15, -0.1) is 0 Å². The van der Waals surface area contributed by atoms with Crippen LogP contribution in [-0.2, 0) is 6.54 Å². The molecule has 1 heterocycles. The lowest BCUT2D eigenvalue weighted by molar-refractivity contribution is 0.410. The normalized spacial score (nSPS) is 10.2. The molecular formula is C19H17BrN2O2. The summed E-state index contributed by atoms with van der Waals surface area (Å²) in [5, 5.41) is 3.36. The molecule has 0 amide bonds. The van der Waals surface area contributed by atoms with Crippen LogP contribution in [0.3, 0.4) is 0 Å². The minimum absolute atomic E-state index is 0.519. The van der Waals surface area contributed by atoms with E-state index >= 15 is 0 Å². The molecule has 0 aliphatic heterocycles. The molecule has 0 aliphatic rings. The molecule has 0 bridgehead atoms. The Morgan fingerprint density at radius 2 is 1.71 bits per heavy atom. The van der Waals surface area contributed by atoms with E-state index in [4.69, 9.17) is 9.47 Å². The molecule has 0 spiro atoms. The molecule has 0 aliphatic carbocycles. The molecule has 0 saturated heterocycles. The van der Waals surface area contributed by atoms with Crippen molar-refractivity contribution < 1.29 is 9.47 Å². The minimum atomic E-state index is 0.519. The predicted octanol–water partition coefficient (Wildman–Crippen LogP) is 5.26. The highest BCUT2D eigenvalue weighted by Crippen LogP contribution is 2.30. The zero-order valence-corrected chi connectivity index (χ0v) is 14.8. The van der Waals surface area contributed by atoms with Crippen LogP contribution in [0.4, 0.5) is 5.69 Å². The number of benzene rings is 2. The molecule has 1 N–H and O–H groups in total. The molecule has 0 radical (unpaired) electrons. The van der Waals surface area contributed by atoms with Crippen molar-refractivity contribution in [2.45, 2.75) is 6.54 Å². The summed E-state index contributed by atoms with van der Waals surface area (Å²) in [6, 6.07) is 21.3. The van der Waals surface area contributed by atoms with Gasteiger partial charge in [0, 0.05) is 12.1 Å². The molecule has 0 fully saturated rings. The topological polar surface area (TPSA) is 43.4 Å². The van der Waals surface area contributed by atoms with Gasteiger partial charge >= 0.3 is 0 Å². The van der Waals surface area contributed by atoms with Gasteiger partial charge in [-0.3, -0.25) is 0 Å². The second kappa shape index (κ2) is 7.84. The van der Waals surface area contributed by atoms with Crippen LogP contribution in [-0.4, -0.2) is 12.1 Å². The fourth-order valence-electron chi connectivity index (χ4n) is 2.27. The van der Waals surface area contributed by atoms with E-state index in [0.29, 0.717) is 12.4 Å². The van der Waals surface area contributed by atoms with Crippen molar-refractivity contribution in [1.29, 1.82) is 0 Å². The summed E-state index contributed by atoms with van der Waals surface area (Å²) in [5.41, 5.74) is 1.88. The van der Waals surface area contributed by atoms with Crippen molar-refractivity contribution in [3.8, 4) is 17.4 Å². The summed E-state index contributed by atoms with van der Waals surface area (Å²) in [6.45, 7) is 0.610. The van der Waals surface area contributed by atoms with Gasteiger partial charge in [0.05, 0.1) is 12.8 Å². The van der Waals surface area contributed by atoms with Gasteiger partial charge in [0.15, 0.2) is 0 Å². The molecule has 3 aromatic rings. The third kappa shape index (κ3) is 4.06. The lowest BCUT2D eigenvalue weighted by atomic mass is 10.2. The van der Waals surface area contributed by atoms with Gasteiger partial charge in [-0.25, -0.2) is 4.98 Å². The van der Waals surface area contributed by atoms with E-state index in [-0.39, 0.29) is 0 Å². The molecule has 1 aromatic heterocycles. The van der Waals surface area contributed by atoms with E-state index in [1.165, 1.54) is 0 Å². The number of aromatic nitrogens is 1. The van der Waals surface area contributed by atoms with E-state index in [2.05, 4.69) is 26.2 Å². The van der Waals surface area contributed by atoms with Crippen molar-refractivity contribution in [1.82, 2.24) is 4.98 Å². The Bertz CT molecular complexity index is 809. The summed E-state index contributed by atoms with van der Waals surface area (Å²) >= 11 is 3.39. The van der Waals surface area contributed by atoms with Gasteiger partial charge in [-0.2, -0.15) is 0 Å². The number of rotatable bonds is 6. The number of pyridine rings is 1. The van der Waals surface area contributed by atoms with Gasteiger partial charge in [0.2, 0.25) is 5.88 Å². The zero-order valence-electron chi connectivity index (χ0n) is 13.2. The van der Waals surface area contributed by atoms with E-state index in [9.17, 15) is 0 Å². The highest BCUT2D eigenvalue weighted by Gasteiger charge is 2.09. The van der Waals surface area contributed by atoms with Crippen LogP contribution >= 0.6 is 15.9 Å². The lowest BCUT2D eigenvalue weighted by Gasteiger charge is -2.14. The van der Waals surface area contributed by atoms with Crippen LogP contribution in [0.2, 0.25) is 0 Å². The maximum atomic E-state index is 5.90. The van der Waals surface area contributed by atoms with Crippen LogP contribution < -0.4 is 14.8 Å². The fourth-order valence-corrected chi connectivity index (χ4v) is 2.56. The van der Waals surface area contributed by atoms with Gasteiger partial charge < -0.3 is 14.8 Å². The summed E-state index contributed by atoms with van der Waals surface area (Å²) in [6.07, 6.45) is 0. The SMILES string of the molecule is COc1ccccc1CNc1ccc(Br)nc1Oc1ccccc1. The molecule has 0 atom stereocenters. The molecule has 4 nitrogen and oxygen atoms in total. The lowest BCUT2D eigenvalue weighted by Crippen LogP contribution is -2.04. The van der Waals surface area contributed by atoms with Gasteiger partial charge in [-0.1, -0.05) is 36.4 Å². The smallest absolute Gasteiger partial charge is 0.243 e. The van der Waals surface area contributed by atoms with Crippen molar-refractivity contribution >= 4 is 21.6 Å². The third-order valence-electron chi connectivity index (χ3n) is 3.45. The maximum Gasteiger partial charge on any atom is 0.243 e. The van der Waals surface area contributed by atoms with E-state index in [1.54, 1.807) is 7.11 Å². The van der Waals surface area contributed by atoms with Crippen molar-refractivity contribution in [2.75, 3.05) is 12.4 Å².